The predicted molar refractivity (Wildman–Crippen MR) is 126 cm³/mol. The molecule has 1 aromatic rings. The van der Waals surface area contributed by atoms with Crippen LogP contribution < -0.4 is 5.32 Å². The third-order valence-electron chi connectivity index (χ3n) is 6.95. The Kier molecular flexibility index (Phi) is 7.87. The molecule has 0 aromatic carbocycles. The Labute approximate surface area is 199 Å². The van der Waals surface area contributed by atoms with Gasteiger partial charge in [0.25, 0.3) is 5.91 Å². The van der Waals surface area contributed by atoms with Gasteiger partial charge in [0.15, 0.2) is 5.13 Å². The topological polar surface area (TPSA) is 123 Å². The van der Waals surface area contributed by atoms with E-state index in [2.05, 4.69) is 15.2 Å². The summed E-state index contributed by atoms with van der Waals surface area (Å²) in [5.41, 5.74) is 0. The first kappa shape index (κ1) is 24.4. The van der Waals surface area contributed by atoms with E-state index in [1.807, 2.05) is 0 Å². The molecule has 2 N–H and O–H groups in total. The van der Waals surface area contributed by atoms with Crippen LogP contribution in [0, 0.1) is 0 Å². The zero-order valence-electron chi connectivity index (χ0n) is 18.8. The van der Waals surface area contributed by atoms with Gasteiger partial charge in [0.05, 0.1) is 6.20 Å². The molecule has 2 heterocycles. The van der Waals surface area contributed by atoms with Crippen LogP contribution in [-0.2, 0) is 10.3 Å². The second-order valence-corrected chi connectivity index (χ2v) is 11.6. The highest BCUT2D eigenvalue weighted by Crippen LogP contribution is 2.31. The number of nitrogens with one attached hydrogen (secondary N) is 1. The van der Waals surface area contributed by atoms with Crippen LogP contribution in [0.2, 0.25) is 0 Å². The van der Waals surface area contributed by atoms with Crippen LogP contribution in [0.15, 0.2) is 6.20 Å². The fourth-order valence-corrected chi connectivity index (χ4v) is 6.61. The van der Waals surface area contributed by atoms with Crippen molar-refractivity contribution in [2.24, 2.45) is 0 Å². The first-order valence-electron chi connectivity index (χ1n) is 11.9. The number of anilines is 1. The maximum Gasteiger partial charge on any atom is 0.336 e. The highest BCUT2D eigenvalue weighted by molar-refractivity contribution is 7.83. The van der Waals surface area contributed by atoms with Crippen molar-refractivity contribution in [3.63, 3.8) is 0 Å². The second kappa shape index (κ2) is 10.7. The minimum atomic E-state index is -4.24. The van der Waals surface area contributed by atoms with E-state index in [9.17, 15) is 18.0 Å². The van der Waals surface area contributed by atoms with Crippen LogP contribution in [0.5, 0.6) is 0 Å². The lowest BCUT2D eigenvalue weighted by atomic mass is 9.89. The molecule has 3 amide bonds. The molecular formula is C21H33N5O5S2. The van der Waals surface area contributed by atoms with Gasteiger partial charge in [-0.15, -0.1) is 0 Å². The highest BCUT2D eigenvalue weighted by Gasteiger charge is 2.33. The normalized spacial score (nSPS) is 21.7. The average Bonchev–Trinajstić information content (AvgIpc) is 3.28. The fourth-order valence-electron chi connectivity index (χ4n) is 5.21. The maximum absolute atomic E-state index is 13.3. The quantitative estimate of drug-likeness (QED) is 0.600. The van der Waals surface area contributed by atoms with Gasteiger partial charge in [0, 0.05) is 38.3 Å². The van der Waals surface area contributed by atoms with Crippen molar-refractivity contribution in [3.8, 4) is 0 Å². The van der Waals surface area contributed by atoms with Gasteiger partial charge in [0.2, 0.25) is 0 Å². The van der Waals surface area contributed by atoms with Crippen LogP contribution in [0.1, 0.15) is 73.9 Å². The summed E-state index contributed by atoms with van der Waals surface area (Å²) >= 11 is 1.14. The molecule has 2 saturated carbocycles. The Balaban J connectivity index is 1.39. The number of carbonyl (C=O) groups excluding carboxylic acids is 2. The number of nitrogens with zero attached hydrogens (tertiary/aromatic N) is 4. The second-order valence-electron chi connectivity index (χ2n) is 9.12. The molecular weight excluding hydrogens is 466 g/mol. The molecule has 12 heteroatoms. The van der Waals surface area contributed by atoms with Crippen molar-refractivity contribution in [1.29, 1.82) is 0 Å². The van der Waals surface area contributed by atoms with Gasteiger partial charge in [-0.05, 0) is 25.7 Å². The molecule has 33 heavy (non-hydrogen) atoms. The largest absolute Gasteiger partial charge is 0.336 e. The number of piperazine rings is 1. The van der Waals surface area contributed by atoms with Crippen molar-refractivity contribution >= 4 is 38.7 Å². The Morgan fingerprint density at radius 1 is 0.970 bits per heavy atom. The minimum absolute atomic E-state index is 0.0463. The van der Waals surface area contributed by atoms with E-state index < -0.39 is 10.3 Å². The van der Waals surface area contributed by atoms with Crippen molar-refractivity contribution in [2.75, 3.05) is 31.5 Å². The average molecular weight is 500 g/mol. The van der Waals surface area contributed by atoms with Crippen molar-refractivity contribution in [3.05, 3.63) is 11.1 Å². The molecule has 0 atom stereocenters. The number of urea groups is 1. The van der Waals surface area contributed by atoms with E-state index in [1.165, 1.54) is 23.9 Å². The van der Waals surface area contributed by atoms with Gasteiger partial charge in [0.1, 0.15) is 4.88 Å². The molecule has 10 nitrogen and oxygen atoms in total. The van der Waals surface area contributed by atoms with Gasteiger partial charge in [-0.2, -0.15) is 12.7 Å². The zero-order chi connectivity index (χ0) is 23.4. The first-order chi connectivity index (χ1) is 15.8. The molecule has 0 bridgehead atoms. The molecule has 0 spiro atoms. The lowest BCUT2D eigenvalue weighted by Gasteiger charge is -2.41. The molecule has 0 unspecified atom stereocenters. The molecule has 1 aromatic heterocycles. The summed E-state index contributed by atoms with van der Waals surface area (Å²) in [7, 11) is -4.24. The van der Waals surface area contributed by atoms with E-state index in [4.69, 9.17) is 4.55 Å². The lowest BCUT2D eigenvalue weighted by Crippen LogP contribution is -2.50. The number of hydrogen-bond acceptors (Lipinski definition) is 6. The van der Waals surface area contributed by atoms with E-state index in [1.54, 1.807) is 0 Å². The van der Waals surface area contributed by atoms with Gasteiger partial charge in [-0.1, -0.05) is 49.9 Å². The molecule has 1 saturated heterocycles. The van der Waals surface area contributed by atoms with Gasteiger partial charge in [-0.3, -0.25) is 14.7 Å². The summed E-state index contributed by atoms with van der Waals surface area (Å²) in [6.07, 6.45) is 12.7. The Morgan fingerprint density at radius 3 is 2.03 bits per heavy atom. The lowest BCUT2D eigenvalue weighted by molar-refractivity contribution is 0.0697. The number of hydrogen-bond donors (Lipinski definition) is 2. The van der Waals surface area contributed by atoms with E-state index >= 15 is 0 Å². The summed E-state index contributed by atoms with van der Waals surface area (Å²) in [5.74, 6) is -0.251. The number of amides is 3. The number of carbonyl (C=O) groups is 2. The molecule has 184 valence electrons. The monoisotopic (exact) mass is 499 g/mol. The van der Waals surface area contributed by atoms with Crippen molar-refractivity contribution < 1.29 is 22.6 Å². The SMILES string of the molecule is O=C(c1cnc(NC(=O)N(C2CCCCC2)C2CCCCC2)s1)N1CCN(S(=O)(=O)O)CC1. The van der Waals surface area contributed by atoms with E-state index in [0.29, 0.717) is 10.0 Å². The van der Waals surface area contributed by atoms with Gasteiger partial charge < -0.3 is 9.80 Å². The summed E-state index contributed by atoms with van der Waals surface area (Å²) in [4.78, 5) is 34.4. The molecule has 3 aliphatic rings. The standard InChI is InChI=1S/C21H33N5O5S2/c27-19(24-11-13-25(14-12-24)33(29,30)31)18-15-22-20(32-18)23-21(28)26(16-7-3-1-4-8-16)17-9-5-2-6-10-17/h15-17H,1-14H2,(H,22,23,28)(H,29,30,31). The molecule has 3 fully saturated rings. The molecule has 0 radical (unpaired) electrons. The van der Waals surface area contributed by atoms with Gasteiger partial charge >= 0.3 is 16.3 Å². The number of rotatable bonds is 5. The van der Waals surface area contributed by atoms with Crippen LogP contribution in [0.3, 0.4) is 0 Å². The summed E-state index contributed by atoms with van der Waals surface area (Å²) in [6, 6.07) is 0.410. The molecule has 4 rings (SSSR count). The van der Waals surface area contributed by atoms with Crippen LogP contribution >= 0.6 is 11.3 Å². The summed E-state index contributed by atoms with van der Waals surface area (Å²) < 4.78 is 32.6. The zero-order valence-corrected chi connectivity index (χ0v) is 20.5. The Bertz CT molecular complexity index is 915. The highest BCUT2D eigenvalue weighted by atomic mass is 32.2. The molecule has 2 aliphatic carbocycles. The first-order valence-corrected chi connectivity index (χ1v) is 14.1. The van der Waals surface area contributed by atoms with Crippen LogP contribution in [0.4, 0.5) is 9.93 Å². The van der Waals surface area contributed by atoms with E-state index in [-0.39, 0.29) is 50.2 Å². The fraction of sp³-hybridized carbons (Fsp3) is 0.762. The third-order valence-corrected chi connectivity index (χ3v) is 8.87. The van der Waals surface area contributed by atoms with Crippen LogP contribution in [0.25, 0.3) is 0 Å². The van der Waals surface area contributed by atoms with E-state index in [0.717, 1.165) is 67.0 Å². The minimum Gasteiger partial charge on any atom is -0.335 e. The summed E-state index contributed by atoms with van der Waals surface area (Å²) in [5, 5.41) is 3.34. The third kappa shape index (κ3) is 6.03. The smallest absolute Gasteiger partial charge is 0.335 e. The van der Waals surface area contributed by atoms with Gasteiger partial charge in [-0.25, -0.2) is 9.78 Å². The molecule has 1 aliphatic heterocycles. The van der Waals surface area contributed by atoms with Crippen molar-refractivity contribution in [1.82, 2.24) is 19.1 Å². The predicted octanol–water partition coefficient (Wildman–Crippen LogP) is 3.20. The Hall–Kier alpha value is -1.76. The number of aromatic nitrogens is 1. The number of thiazole rings is 1. The maximum atomic E-state index is 13.3. The van der Waals surface area contributed by atoms with Crippen LogP contribution in [-0.4, -0.2) is 82.3 Å². The Morgan fingerprint density at radius 2 is 1.52 bits per heavy atom. The van der Waals surface area contributed by atoms with Crippen molar-refractivity contribution in [2.45, 2.75) is 76.3 Å². The summed E-state index contributed by atoms with van der Waals surface area (Å²) in [6.45, 7) is 0.472.